The molecule has 0 spiro atoms. The van der Waals surface area contributed by atoms with Crippen molar-refractivity contribution in [3.05, 3.63) is 46.3 Å². The second-order valence-electron chi connectivity index (χ2n) is 5.31. The van der Waals surface area contributed by atoms with Gasteiger partial charge in [-0.25, -0.2) is 9.97 Å². The largest absolute Gasteiger partial charge is 0.330 e. The smallest absolute Gasteiger partial charge is 0.103 e. The Hall–Kier alpha value is -1.78. The third-order valence-electron chi connectivity index (χ3n) is 3.65. The highest BCUT2D eigenvalue weighted by Crippen LogP contribution is 2.34. The van der Waals surface area contributed by atoms with Gasteiger partial charge in [-0.3, -0.25) is 0 Å². The molecule has 1 unspecified atom stereocenters. The molecule has 0 amide bonds. The maximum atomic E-state index is 5.71. The molecule has 2 N–H and O–H groups in total. The normalized spacial score (nSPS) is 12.7. The van der Waals surface area contributed by atoms with Crippen LogP contribution in [-0.2, 0) is 0 Å². The van der Waals surface area contributed by atoms with E-state index in [0.29, 0.717) is 12.5 Å². The maximum Gasteiger partial charge on any atom is 0.103 e. The fourth-order valence-corrected chi connectivity index (χ4v) is 3.56. The molecule has 0 aliphatic heterocycles. The van der Waals surface area contributed by atoms with E-state index in [-0.39, 0.29) is 0 Å². The van der Waals surface area contributed by atoms with Gasteiger partial charge in [-0.05, 0) is 37.9 Å². The highest BCUT2D eigenvalue weighted by molar-refractivity contribution is 7.12. The van der Waals surface area contributed by atoms with Gasteiger partial charge in [-0.2, -0.15) is 0 Å². The van der Waals surface area contributed by atoms with Crippen molar-refractivity contribution >= 4 is 22.2 Å². The zero-order valence-corrected chi connectivity index (χ0v) is 13.2. The number of nitrogens with two attached hydrogens (primary N) is 1. The predicted molar refractivity (Wildman–Crippen MR) is 89.7 cm³/mol. The Kier molecular flexibility index (Phi) is 3.99. The summed E-state index contributed by atoms with van der Waals surface area (Å²) in [6.07, 6.45) is 0.974. The summed E-state index contributed by atoms with van der Waals surface area (Å²) in [4.78, 5) is 10.8. The van der Waals surface area contributed by atoms with E-state index < -0.39 is 0 Å². The fourth-order valence-electron chi connectivity index (χ4n) is 2.54. The molecule has 2 heterocycles. The third-order valence-corrected chi connectivity index (χ3v) is 4.85. The van der Waals surface area contributed by atoms with E-state index in [2.05, 4.69) is 25.1 Å². The molecular weight excluding hydrogens is 278 g/mol. The van der Waals surface area contributed by atoms with Crippen molar-refractivity contribution in [3.8, 4) is 11.4 Å². The summed E-state index contributed by atoms with van der Waals surface area (Å²) in [6.45, 7) is 4.96. The molecule has 2 aromatic heterocycles. The molecule has 3 aromatic rings. The minimum Gasteiger partial charge on any atom is -0.330 e. The van der Waals surface area contributed by atoms with E-state index in [1.54, 1.807) is 11.3 Å². The topological polar surface area (TPSA) is 51.8 Å². The Labute approximate surface area is 128 Å². The molecule has 1 atom stereocenters. The lowest BCUT2D eigenvalue weighted by molar-refractivity contribution is 0.701. The maximum absolute atomic E-state index is 5.71. The van der Waals surface area contributed by atoms with Crippen molar-refractivity contribution < 1.29 is 0 Å². The molecule has 0 saturated carbocycles. The third kappa shape index (κ3) is 2.82. The minimum absolute atomic E-state index is 0.421. The summed E-state index contributed by atoms with van der Waals surface area (Å²) in [7, 11) is 0. The second kappa shape index (κ2) is 5.92. The van der Waals surface area contributed by atoms with Gasteiger partial charge in [-0.15, -0.1) is 11.3 Å². The molecule has 3 rings (SSSR count). The number of nitrogens with zero attached hydrogens (tertiary/aromatic N) is 2. The first-order valence-electron chi connectivity index (χ1n) is 7.22. The summed E-state index contributed by atoms with van der Waals surface area (Å²) in [5, 5.41) is 2.24. The Bertz CT molecular complexity index is 764. The zero-order chi connectivity index (χ0) is 14.8. The molecule has 4 heteroatoms. The van der Waals surface area contributed by atoms with Crippen LogP contribution in [0.3, 0.4) is 0 Å². The van der Waals surface area contributed by atoms with Gasteiger partial charge in [-0.1, -0.05) is 31.2 Å². The number of thiazole rings is 1. The Morgan fingerprint density at radius 1 is 1.14 bits per heavy atom. The first-order chi connectivity index (χ1) is 10.2. The lowest BCUT2D eigenvalue weighted by Crippen LogP contribution is -2.04. The molecule has 0 saturated heterocycles. The average Bonchev–Trinajstić information content (AvgIpc) is 2.89. The molecule has 0 aliphatic rings. The number of aryl methyl sites for hydroxylation is 1. The van der Waals surface area contributed by atoms with Crippen molar-refractivity contribution in [3.63, 3.8) is 0 Å². The lowest BCUT2D eigenvalue weighted by atomic mass is 10.0. The van der Waals surface area contributed by atoms with Crippen molar-refractivity contribution in [1.82, 2.24) is 9.97 Å². The highest BCUT2D eigenvalue weighted by atomic mass is 32.1. The van der Waals surface area contributed by atoms with Crippen LogP contribution < -0.4 is 5.73 Å². The quantitative estimate of drug-likeness (QED) is 0.788. The zero-order valence-electron chi connectivity index (χ0n) is 12.3. The van der Waals surface area contributed by atoms with Crippen LogP contribution in [0.15, 0.2) is 36.4 Å². The lowest BCUT2D eigenvalue weighted by Gasteiger charge is -2.10. The summed E-state index contributed by atoms with van der Waals surface area (Å²) in [6, 6.07) is 12.4. The van der Waals surface area contributed by atoms with Crippen LogP contribution in [0.2, 0.25) is 0 Å². The molecule has 3 nitrogen and oxygen atoms in total. The van der Waals surface area contributed by atoms with Gasteiger partial charge in [0.05, 0.1) is 16.2 Å². The van der Waals surface area contributed by atoms with Gasteiger partial charge in [0, 0.05) is 10.3 Å². The number of rotatable bonds is 4. The van der Waals surface area contributed by atoms with E-state index in [1.807, 2.05) is 25.1 Å². The predicted octanol–water partition coefficient (Wildman–Crippen LogP) is 4.12. The Morgan fingerprint density at radius 2 is 1.95 bits per heavy atom. The molecule has 108 valence electrons. The average molecular weight is 297 g/mol. The van der Waals surface area contributed by atoms with Crippen molar-refractivity contribution in [2.75, 3.05) is 6.54 Å². The minimum atomic E-state index is 0.421. The van der Waals surface area contributed by atoms with Gasteiger partial charge < -0.3 is 5.73 Å². The number of hydrogen-bond donors (Lipinski definition) is 1. The first kappa shape index (κ1) is 14.2. The van der Waals surface area contributed by atoms with Crippen molar-refractivity contribution in [2.24, 2.45) is 5.73 Å². The number of fused-ring (bicyclic) bond motifs is 1. The highest BCUT2D eigenvalue weighted by Gasteiger charge is 2.17. The monoisotopic (exact) mass is 297 g/mol. The Balaban J connectivity index is 2.09. The number of para-hydroxylation sites is 1. The summed E-state index contributed by atoms with van der Waals surface area (Å²) in [5.74, 6) is 0.421. The standard InChI is InChI=1S/C17H19N3S/c1-11(9-10-18)17-16(19-12(2)21-17)15-8-7-13-5-3-4-6-14(13)20-15/h3-8,11H,9-10,18H2,1-2H3. The Morgan fingerprint density at radius 3 is 2.76 bits per heavy atom. The van der Waals surface area contributed by atoms with Crippen molar-refractivity contribution in [2.45, 2.75) is 26.2 Å². The van der Waals surface area contributed by atoms with Crippen LogP contribution >= 0.6 is 11.3 Å². The molecule has 1 aromatic carbocycles. The van der Waals surface area contributed by atoms with Crippen molar-refractivity contribution in [1.29, 1.82) is 0 Å². The molecule has 0 aliphatic carbocycles. The van der Waals surface area contributed by atoms with Gasteiger partial charge >= 0.3 is 0 Å². The number of benzene rings is 1. The SMILES string of the molecule is Cc1nc(-c2ccc3ccccc3n2)c(C(C)CCN)s1. The van der Waals surface area contributed by atoms with Crippen LogP contribution in [0.4, 0.5) is 0 Å². The number of pyridine rings is 1. The van der Waals surface area contributed by atoms with Crippen LogP contribution in [0, 0.1) is 6.92 Å². The van der Waals surface area contributed by atoms with Crippen LogP contribution in [0.1, 0.15) is 29.1 Å². The van der Waals surface area contributed by atoms with Gasteiger partial charge in [0.15, 0.2) is 0 Å². The molecule has 21 heavy (non-hydrogen) atoms. The van der Waals surface area contributed by atoms with E-state index in [9.17, 15) is 0 Å². The number of aromatic nitrogens is 2. The first-order valence-corrected chi connectivity index (χ1v) is 8.04. The van der Waals surface area contributed by atoms with E-state index in [4.69, 9.17) is 15.7 Å². The summed E-state index contributed by atoms with van der Waals surface area (Å²) < 4.78 is 0. The molecule has 0 bridgehead atoms. The van der Waals surface area contributed by atoms with E-state index in [0.717, 1.165) is 33.7 Å². The summed E-state index contributed by atoms with van der Waals surface area (Å²) in [5.41, 5.74) is 8.69. The summed E-state index contributed by atoms with van der Waals surface area (Å²) >= 11 is 1.76. The number of hydrogen-bond acceptors (Lipinski definition) is 4. The van der Waals surface area contributed by atoms with Gasteiger partial charge in [0.1, 0.15) is 5.69 Å². The van der Waals surface area contributed by atoms with Gasteiger partial charge in [0.2, 0.25) is 0 Å². The van der Waals surface area contributed by atoms with Gasteiger partial charge in [0.25, 0.3) is 0 Å². The molecule has 0 radical (unpaired) electrons. The fraction of sp³-hybridized carbons (Fsp3) is 0.294. The van der Waals surface area contributed by atoms with E-state index >= 15 is 0 Å². The van der Waals surface area contributed by atoms with E-state index in [1.165, 1.54) is 4.88 Å². The molecular formula is C17H19N3S. The second-order valence-corrected chi connectivity index (χ2v) is 6.55. The van der Waals surface area contributed by atoms with Crippen LogP contribution in [0.25, 0.3) is 22.3 Å². The van der Waals surface area contributed by atoms with Crippen LogP contribution in [0.5, 0.6) is 0 Å². The molecule has 0 fully saturated rings. The van der Waals surface area contributed by atoms with Crippen LogP contribution in [-0.4, -0.2) is 16.5 Å².